The lowest BCUT2D eigenvalue weighted by Crippen LogP contribution is -2.27. The van der Waals surface area contributed by atoms with Crippen LogP contribution in [0.5, 0.6) is 0 Å². The van der Waals surface area contributed by atoms with Crippen LogP contribution in [-0.2, 0) is 0 Å². The summed E-state index contributed by atoms with van der Waals surface area (Å²) < 4.78 is 1.16. The smallest absolute Gasteiger partial charge is 0.0634 e. The quantitative estimate of drug-likeness (QED) is 0.931. The van der Waals surface area contributed by atoms with E-state index in [1.54, 1.807) is 0 Å². The fourth-order valence-electron chi connectivity index (χ4n) is 2.66. The van der Waals surface area contributed by atoms with Gasteiger partial charge in [0.25, 0.3) is 0 Å². The molecule has 0 unspecified atom stereocenters. The van der Waals surface area contributed by atoms with Crippen molar-refractivity contribution in [1.82, 2.24) is 0 Å². The summed E-state index contributed by atoms with van der Waals surface area (Å²) in [6.07, 6.45) is 2.26. The average Bonchev–Trinajstić information content (AvgIpc) is 2.47. The van der Waals surface area contributed by atoms with E-state index in [4.69, 9.17) is 5.73 Å². The van der Waals surface area contributed by atoms with Crippen molar-refractivity contribution < 1.29 is 0 Å². The molecule has 0 aliphatic carbocycles. The third-order valence-electron chi connectivity index (χ3n) is 3.53. The molecule has 4 heteroatoms. The number of aryl methyl sites for hydroxylation is 1. The molecule has 1 aromatic carbocycles. The number of anilines is 2. The van der Waals surface area contributed by atoms with Crippen LogP contribution in [0.1, 0.15) is 18.4 Å². The van der Waals surface area contributed by atoms with Crippen LogP contribution < -0.4 is 15.5 Å². The topological polar surface area (TPSA) is 32.5 Å². The molecule has 1 aromatic rings. The van der Waals surface area contributed by atoms with E-state index < -0.39 is 0 Å². The summed E-state index contributed by atoms with van der Waals surface area (Å²) in [5.41, 5.74) is 9.70. The van der Waals surface area contributed by atoms with E-state index in [-0.39, 0.29) is 0 Å². The number of fused-ring (bicyclic) bond motifs is 1. The van der Waals surface area contributed by atoms with Gasteiger partial charge in [0, 0.05) is 31.2 Å². The number of nitrogens with two attached hydrogens (primary N) is 1. The van der Waals surface area contributed by atoms with Gasteiger partial charge in [0.05, 0.1) is 11.4 Å². The van der Waals surface area contributed by atoms with Crippen LogP contribution in [-0.4, -0.2) is 33.2 Å². The lowest BCUT2D eigenvalue weighted by atomic mass is 10.1. The predicted molar refractivity (Wildman–Crippen MR) is 82.7 cm³/mol. The molecule has 0 saturated carbocycles. The minimum absolute atomic E-state index is 0.761. The van der Waals surface area contributed by atoms with Gasteiger partial charge in [-0.2, -0.15) is 0 Å². The van der Waals surface area contributed by atoms with Gasteiger partial charge in [-0.15, -0.1) is 0 Å². The van der Waals surface area contributed by atoms with Crippen LogP contribution >= 0.6 is 15.9 Å². The SMILES string of the molecule is Cc1cc(Br)cc2c1N(CCCN)CCCN2C. The standard InChI is InChI=1S/C14H22BrN3/c1-11-9-12(15)10-13-14(11)18(7-3-5-16)8-4-6-17(13)2/h9-10H,3-8,16H2,1-2H3. The molecule has 1 aliphatic heterocycles. The van der Waals surface area contributed by atoms with E-state index in [1.165, 1.54) is 23.4 Å². The third kappa shape index (κ3) is 2.81. The van der Waals surface area contributed by atoms with Crippen molar-refractivity contribution in [2.75, 3.05) is 43.0 Å². The second-order valence-electron chi connectivity index (χ2n) is 4.99. The van der Waals surface area contributed by atoms with Gasteiger partial charge in [0.15, 0.2) is 0 Å². The molecular weight excluding hydrogens is 290 g/mol. The summed E-state index contributed by atoms with van der Waals surface area (Å²) in [6.45, 7) is 6.25. The van der Waals surface area contributed by atoms with Gasteiger partial charge in [-0.25, -0.2) is 0 Å². The Morgan fingerprint density at radius 2 is 2.11 bits per heavy atom. The molecule has 0 radical (unpaired) electrons. The van der Waals surface area contributed by atoms with E-state index in [9.17, 15) is 0 Å². The number of hydrogen-bond acceptors (Lipinski definition) is 3. The molecule has 2 rings (SSSR count). The first-order valence-corrected chi connectivity index (χ1v) is 7.39. The summed E-state index contributed by atoms with van der Waals surface area (Å²) in [4.78, 5) is 4.85. The molecule has 0 amide bonds. The van der Waals surface area contributed by atoms with E-state index >= 15 is 0 Å². The monoisotopic (exact) mass is 311 g/mol. The molecule has 0 bridgehead atoms. The van der Waals surface area contributed by atoms with Gasteiger partial charge in [0.2, 0.25) is 0 Å². The Balaban J connectivity index is 2.41. The Kier molecular flexibility index (Phi) is 4.51. The highest BCUT2D eigenvalue weighted by molar-refractivity contribution is 9.10. The molecule has 1 heterocycles. The van der Waals surface area contributed by atoms with E-state index in [1.807, 2.05) is 0 Å². The molecule has 0 fully saturated rings. The van der Waals surface area contributed by atoms with Crippen LogP contribution in [0.3, 0.4) is 0 Å². The van der Waals surface area contributed by atoms with Gasteiger partial charge >= 0.3 is 0 Å². The minimum Gasteiger partial charge on any atom is -0.373 e. The number of rotatable bonds is 3. The molecule has 100 valence electrons. The van der Waals surface area contributed by atoms with Crippen molar-refractivity contribution in [3.8, 4) is 0 Å². The first-order chi connectivity index (χ1) is 8.63. The van der Waals surface area contributed by atoms with E-state index in [2.05, 4.69) is 51.8 Å². The Labute approximate surface area is 118 Å². The van der Waals surface area contributed by atoms with Crippen molar-refractivity contribution in [3.63, 3.8) is 0 Å². The predicted octanol–water partition coefficient (Wildman–Crippen LogP) is 2.75. The van der Waals surface area contributed by atoms with Gasteiger partial charge in [-0.3, -0.25) is 0 Å². The molecule has 0 atom stereocenters. The normalized spacial score (nSPS) is 15.6. The Morgan fingerprint density at radius 1 is 1.33 bits per heavy atom. The zero-order chi connectivity index (χ0) is 13.1. The Hall–Kier alpha value is -0.740. The summed E-state index contributed by atoms with van der Waals surface area (Å²) in [7, 11) is 2.18. The third-order valence-corrected chi connectivity index (χ3v) is 3.98. The molecule has 0 aromatic heterocycles. The number of hydrogen-bond donors (Lipinski definition) is 1. The minimum atomic E-state index is 0.761. The first kappa shape index (κ1) is 13.7. The van der Waals surface area contributed by atoms with Crippen LogP contribution in [0.15, 0.2) is 16.6 Å². The van der Waals surface area contributed by atoms with E-state index in [0.717, 1.165) is 37.1 Å². The maximum Gasteiger partial charge on any atom is 0.0634 e. The molecule has 2 N–H and O–H groups in total. The van der Waals surface area contributed by atoms with Crippen molar-refractivity contribution >= 4 is 27.3 Å². The summed E-state index contributed by atoms with van der Waals surface area (Å²) >= 11 is 3.60. The summed E-state index contributed by atoms with van der Waals surface area (Å²) in [5, 5.41) is 0. The number of benzene rings is 1. The van der Waals surface area contributed by atoms with Gasteiger partial charge in [-0.1, -0.05) is 15.9 Å². The highest BCUT2D eigenvalue weighted by atomic mass is 79.9. The van der Waals surface area contributed by atoms with Crippen LogP contribution in [0, 0.1) is 6.92 Å². The van der Waals surface area contributed by atoms with Gasteiger partial charge in [-0.05, 0) is 44.0 Å². The fraction of sp³-hybridized carbons (Fsp3) is 0.571. The summed E-state index contributed by atoms with van der Waals surface area (Å²) in [6, 6.07) is 4.43. The largest absolute Gasteiger partial charge is 0.373 e. The molecule has 18 heavy (non-hydrogen) atoms. The van der Waals surface area contributed by atoms with Crippen LogP contribution in [0.2, 0.25) is 0 Å². The molecular formula is C14H22BrN3. The zero-order valence-electron chi connectivity index (χ0n) is 11.2. The first-order valence-electron chi connectivity index (χ1n) is 6.60. The Morgan fingerprint density at radius 3 is 2.83 bits per heavy atom. The van der Waals surface area contributed by atoms with Crippen LogP contribution in [0.4, 0.5) is 11.4 Å². The number of halogens is 1. The lowest BCUT2D eigenvalue weighted by Gasteiger charge is -2.28. The van der Waals surface area contributed by atoms with Crippen molar-refractivity contribution in [2.45, 2.75) is 19.8 Å². The maximum absolute atomic E-state index is 5.65. The second kappa shape index (κ2) is 5.93. The van der Waals surface area contributed by atoms with Gasteiger partial charge < -0.3 is 15.5 Å². The molecule has 3 nitrogen and oxygen atoms in total. The number of nitrogens with zero attached hydrogens (tertiary/aromatic N) is 2. The second-order valence-corrected chi connectivity index (χ2v) is 5.91. The zero-order valence-corrected chi connectivity index (χ0v) is 12.8. The maximum atomic E-state index is 5.65. The highest BCUT2D eigenvalue weighted by Crippen LogP contribution is 2.37. The van der Waals surface area contributed by atoms with Crippen molar-refractivity contribution in [1.29, 1.82) is 0 Å². The molecule has 0 spiro atoms. The van der Waals surface area contributed by atoms with Gasteiger partial charge in [0.1, 0.15) is 0 Å². The van der Waals surface area contributed by atoms with Crippen molar-refractivity contribution in [2.24, 2.45) is 5.73 Å². The fourth-order valence-corrected chi connectivity index (χ4v) is 3.22. The van der Waals surface area contributed by atoms with Crippen molar-refractivity contribution in [3.05, 3.63) is 22.2 Å². The average molecular weight is 312 g/mol. The van der Waals surface area contributed by atoms with Crippen LogP contribution in [0.25, 0.3) is 0 Å². The highest BCUT2D eigenvalue weighted by Gasteiger charge is 2.20. The molecule has 0 saturated heterocycles. The lowest BCUT2D eigenvalue weighted by molar-refractivity contribution is 0.709. The Bertz CT molecular complexity index is 420. The molecule has 1 aliphatic rings. The van der Waals surface area contributed by atoms with E-state index in [0.29, 0.717) is 0 Å². The summed E-state index contributed by atoms with van der Waals surface area (Å²) in [5.74, 6) is 0.